The average molecular weight is 280 g/mol. The summed E-state index contributed by atoms with van der Waals surface area (Å²) in [7, 11) is 0. The van der Waals surface area contributed by atoms with E-state index in [-0.39, 0.29) is 11.4 Å². The first-order valence-corrected chi connectivity index (χ1v) is 7.34. The van der Waals surface area contributed by atoms with E-state index in [4.69, 9.17) is 4.74 Å². The Bertz CT molecular complexity index is 681. The van der Waals surface area contributed by atoms with Gasteiger partial charge in [0.25, 0.3) is 0 Å². The van der Waals surface area contributed by atoms with E-state index in [9.17, 15) is 4.79 Å². The molecular formula is C19H20O2. The monoisotopic (exact) mass is 280 g/mol. The smallest absolute Gasteiger partial charge is 0.167 e. The fourth-order valence-electron chi connectivity index (χ4n) is 2.78. The van der Waals surface area contributed by atoms with Crippen molar-refractivity contribution in [2.75, 3.05) is 0 Å². The van der Waals surface area contributed by atoms with Crippen LogP contribution in [0.25, 0.3) is 0 Å². The molecule has 108 valence electrons. The quantitative estimate of drug-likeness (QED) is 0.790. The number of hydrogen-bond donors (Lipinski definition) is 0. The molecule has 21 heavy (non-hydrogen) atoms. The lowest BCUT2D eigenvalue weighted by atomic mass is 9.97. The van der Waals surface area contributed by atoms with Crippen molar-refractivity contribution in [3.05, 3.63) is 64.7 Å². The number of hydrogen-bond acceptors (Lipinski definition) is 2. The van der Waals surface area contributed by atoms with Crippen molar-refractivity contribution < 1.29 is 9.53 Å². The molecule has 0 bridgehead atoms. The fourth-order valence-corrected chi connectivity index (χ4v) is 2.78. The second kappa shape index (κ2) is 5.03. The molecule has 0 aliphatic carbocycles. The number of carbonyl (C=O) groups excluding carboxylic acids is 1. The van der Waals surface area contributed by atoms with Crippen LogP contribution in [0.3, 0.4) is 0 Å². The van der Waals surface area contributed by atoms with Gasteiger partial charge < -0.3 is 4.74 Å². The van der Waals surface area contributed by atoms with E-state index in [0.717, 1.165) is 28.9 Å². The standard InChI is InChI=1S/C19H20O2/c1-13-4-6-14(7-5-13)10-17(20)15-8-9-18-16(11-15)12-19(2,3)21-18/h4-9,11H,10,12H2,1-3H3. The summed E-state index contributed by atoms with van der Waals surface area (Å²) >= 11 is 0. The molecular weight excluding hydrogens is 260 g/mol. The lowest BCUT2D eigenvalue weighted by molar-refractivity contribution is 0.0993. The molecule has 0 spiro atoms. The Hall–Kier alpha value is -2.09. The Morgan fingerprint density at radius 3 is 2.57 bits per heavy atom. The number of carbonyl (C=O) groups is 1. The fraction of sp³-hybridized carbons (Fsp3) is 0.316. The highest BCUT2D eigenvalue weighted by Crippen LogP contribution is 2.35. The molecule has 2 aromatic carbocycles. The Morgan fingerprint density at radius 2 is 1.86 bits per heavy atom. The van der Waals surface area contributed by atoms with Crippen LogP contribution in [-0.4, -0.2) is 11.4 Å². The van der Waals surface area contributed by atoms with E-state index < -0.39 is 0 Å². The molecule has 1 heterocycles. The minimum Gasteiger partial charge on any atom is -0.487 e. The summed E-state index contributed by atoms with van der Waals surface area (Å²) in [6.45, 7) is 6.19. The maximum Gasteiger partial charge on any atom is 0.167 e. The average Bonchev–Trinajstić information content (AvgIpc) is 2.74. The SMILES string of the molecule is Cc1ccc(CC(=O)c2ccc3c(c2)CC(C)(C)O3)cc1. The van der Waals surface area contributed by atoms with Crippen molar-refractivity contribution >= 4 is 5.78 Å². The number of benzene rings is 2. The van der Waals surface area contributed by atoms with Crippen LogP contribution in [0, 0.1) is 6.92 Å². The van der Waals surface area contributed by atoms with E-state index in [1.165, 1.54) is 5.56 Å². The molecule has 2 aromatic rings. The number of rotatable bonds is 3. The van der Waals surface area contributed by atoms with E-state index in [1.807, 2.05) is 49.4 Å². The van der Waals surface area contributed by atoms with Gasteiger partial charge in [-0.25, -0.2) is 0 Å². The predicted molar refractivity (Wildman–Crippen MR) is 84.1 cm³/mol. The van der Waals surface area contributed by atoms with Gasteiger partial charge >= 0.3 is 0 Å². The van der Waals surface area contributed by atoms with Crippen LogP contribution in [0.15, 0.2) is 42.5 Å². The Morgan fingerprint density at radius 1 is 1.14 bits per heavy atom. The maximum atomic E-state index is 12.4. The van der Waals surface area contributed by atoms with Crippen LogP contribution in [0.1, 0.15) is 40.9 Å². The summed E-state index contributed by atoms with van der Waals surface area (Å²) in [5, 5.41) is 0. The molecule has 3 rings (SSSR count). The van der Waals surface area contributed by atoms with Crippen molar-refractivity contribution in [3.8, 4) is 5.75 Å². The molecule has 0 saturated carbocycles. The maximum absolute atomic E-state index is 12.4. The minimum atomic E-state index is -0.166. The molecule has 1 aliphatic rings. The first-order valence-electron chi connectivity index (χ1n) is 7.34. The van der Waals surface area contributed by atoms with Gasteiger partial charge in [0.15, 0.2) is 5.78 Å². The van der Waals surface area contributed by atoms with Gasteiger partial charge in [-0.3, -0.25) is 4.79 Å². The molecule has 0 N–H and O–H groups in total. The molecule has 0 fully saturated rings. The zero-order chi connectivity index (χ0) is 15.0. The van der Waals surface area contributed by atoms with Gasteiger partial charge in [-0.05, 0) is 50.1 Å². The lowest BCUT2D eigenvalue weighted by Gasteiger charge is -2.16. The molecule has 2 heteroatoms. The second-order valence-electron chi connectivity index (χ2n) is 6.45. The minimum absolute atomic E-state index is 0.159. The molecule has 2 nitrogen and oxygen atoms in total. The third kappa shape index (κ3) is 2.99. The van der Waals surface area contributed by atoms with E-state index >= 15 is 0 Å². The molecule has 0 radical (unpaired) electrons. The summed E-state index contributed by atoms with van der Waals surface area (Å²) in [6.07, 6.45) is 1.30. The van der Waals surface area contributed by atoms with Crippen LogP contribution in [-0.2, 0) is 12.8 Å². The first kappa shape index (κ1) is 13.9. The van der Waals surface area contributed by atoms with Gasteiger partial charge in [0.05, 0.1) is 0 Å². The van der Waals surface area contributed by atoms with Crippen LogP contribution in [0.4, 0.5) is 0 Å². The highest BCUT2D eigenvalue weighted by Gasteiger charge is 2.30. The summed E-state index contributed by atoms with van der Waals surface area (Å²) < 4.78 is 5.85. The van der Waals surface area contributed by atoms with Crippen LogP contribution < -0.4 is 4.74 Å². The van der Waals surface area contributed by atoms with Crippen molar-refractivity contribution in [3.63, 3.8) is 0 Å². The molecule has 0 atom stereocenters. The lowest BCUT2D eigenvalue weighted by Crippen LogP contribution is -2.24. The molecule has 0 aromatic heterocycles. The van der Waals surface area contributed by atoms with Crippen molar-refractivity contribution in [1.29, 1.82) is 0 Å². The van der Waals surface area contributed by atoms with Gasteiger partial charge in [-0.1, -0.05) is 29.8 Å². The molecule has 0 amide bonds. The largest absolute Gasteiger partial charge is 0.487 e. The summed E-state index contributed by atoms with van der Waals surface area (Å²) in [6, 6.07) is 13.9. The summed E-state index contributed by atoms with van der Waals surface area (Å²) in [5.74, 6) is 1.07. The number of aryl methyl sites for hydroxylation is 1. The van der Waals surface area contributed by atoms with Crippen LogP contribution >= 0.6 is 0 Å². The van der Waals surface area contributed by atoms with E-state index in [0.29, 0.717) is 6.42 Å². The summed E-state index contributed by atoms with van der Waals surface area (Å²) in [4.78, 5) is 12.4. The third-order valence-electron chi connectivity index (χ3n) is 3.87. The van der Waals surface area contributed by atoms with Crippen LogP contribution in [0.2, 0.25) is 0 Å². The normalized spacial score (nSPS) is 15.4. The van der Waals surface area contributed by atoms with E-state index in [1.54, 1.807) is 0 Å². The zero-order valence-corrected chi connectivity index (χ0v) is 12.8. The third-order valence-corrected chi connectivity index (χ3v) is 3.87. The second-order valence-corrected chi connectivity index (χ2v) is 6.45. The van der Waals surface area contributed by atoms with Crippen molar-refractivity contribution in [1.82, 2.24) is 0 Å². The Labute approximate surface area is 125 Å². The van der Waals surface area contributed by atoms with Gasteiger partial charge in [0.1, 0.15) is 11.4 Å². The molecule has 0 unspecified atom stereocenters. The van der Waals surface area contributed by atoms with Gasteiger partial charge in [0, 0.05) is 18.4 Å². The number of fused-ring (bicyclic) bond motifs is 1. The summed E-state index contributed by atoms with van der Waals surface area (Å²) in [5.41, 5.74) is 4.01. The first-order chi connectivity index (χ1) is 9.93. The predicted octanol–water partition coefficient (Wildman–Crippen LogP) is 4.13. The highest BCUT2D eigenvalue weighted by atomic mass is 16.5. The number of Topliss-reactive ketones (excluding diaryl/α,β-unsaturated/α-hetero) is 1. The van der Waals surface area contributed by atoms with Gasteiger partial charge in [-0.15, -0.1) is 0 Å². The van der Waals surface area contributed by atoms with Crippen molar-refractivity contribution in [2.45, 2.75) is 39.2 Å². The zero-order valence-electron chi connectivity index (χ0n) is 12.8. The van der Waals surface area contributed by atoms with Crippen molar-refractivity contribution in [2.24, 2.45) is 0 Å². The molecule has 1 aliphatic heterocycles. The number of ether oxygens (including phenoxy) is 1. The molecule has 0 saturated heterocycles. The Balaban J connectivity index is 1.79. The Kier molecular flexibility index (Phi) is 3.32. The van der Waals surface area contributed by atoms with Gasteiger partial charge in [-0.2, -0.15) is 0 Å². The van der Waals surface area contributed by atoms with Crippen LogP contribution in [0.5, 0.6) is 5.75 Å². The van der Waals surface area contributed by atoms with E-state index in [2.05, 4.69) is 13.8 Å². The van der Waals surface area contributed by atoms with Gasteiger partial charge in [0.2, 0.25) is 0 Å². The topological polar surface area (TPSA) is 26.3 Å². The number of ketones is 1. The highest BCUT2D eigenvalue weighted by molar-refractivity contribution is 5.97.